The monoisotopic (exact) mass is 359 g/mol. The van der Waals surface area contributed by atoms with E-state index in [0.29, 0.717) is 25.9 Å². The number of rotatable bonds is 2. The second-order valence-electron chi connectivity index (χ2n) is 5.99. The van der Waals surface area contributed by atoms with Crippen LogP contribution in [0.1, 0.15) is 31.2 Å². The van der Waals surface area contributed by atoms with Gasteiger partial charge >= 0.3 is 0 Å². The SMILES string of the molecule is Cl.NC1CCCN(S(=O)(=O)c2ccc3c(c2)CCCC(=O)N3)C1. The number of carbonyl (C=O) groups is 1. The standard InChI is InChI=1S/C15H21N3O3S.ClH/c16-12-4-2-8-18(10-12)22(20,21)13-6-7-14-11(9-13)3-1-5-15(19)17-14;/h6-7,9,12H,1-5,8,10,16H2,(H,17,19);1H. The first kappa shape index (κ1) is 18.2. The van der Waals surface area contributed by atoms with E-state index in [1.54, 1.807) is 18.2 Å². The van der Waals surface area contributed by atoms with E-state index in [0.717, 1.165) is 30.5 Å². The van der Waals surface area contributed by atoms with Crippen molar-refractivity contribution in [3.05, 3.63) is 23.8 Å². The number of hydrogen-bond donors (Lipinski definition) is 2. The minimum atomic E-state index is -3.51. The van der Waals surface area contributed by atoms with Crippen LogP contribution in [0.5, 0.6) is 0 Å². The van der Waals surface area contributed by atoms with E-state index in [-0.39, 0.29) is 29.3 Å². The zero-order chi connectivity index (χ0) is 15.7. The summed E-state index contributed by atoms with van der Waals surface area (Å²) in [4.78, 5) is 11.8. The summed E-state index contributed by atoms with van der Waals surface area (Å²) in [7, 11) is -3.51. The molecule has 6 nitrogen and oxygen atoms in total. The Labute approximate surface area is 142 Å². The van der Waals surface area contributed by atoms with Crippen molar-refractivity contribution in [2.45, 2.75) is 43.0 Å². The number of carbonyl (C=O) groups excluding carboxylic acids is 1. The van der Waals surface area contributed by atoms with Crippen LogP contribution < -0.4 is 11.1 Å². The Kier molecular flexibility index (Phi) is 5.67. The Hall–Kier alpha value is -1.15. The second kappa shape index (κ2) is 7.17. The van der Waals surface area contributed by atoms with Gasteiger partial charge in [0.2, 0.25) is 15.9 Å². The van der Waals surface area contributed by atoms with E-state index in [4.69, 9.17) is 5.73 Å². The fourth-order valence-electron chi connectivity index (χ4n) is 3.05. The number of nitrogens with one attached hydrogen (secondary N) is 1. The fourth-order valence-corrected chi connectivity index (χ4v) is 4.64. The van der Waals surface area contributed by atoms with Gasteiger partial charge in [-0.1, -0.05) is 0 Å². The maximum Gasteiger partial charge on any atom is 0.243 e. The van der Waals surface area contributed by atoms with Gasteiger partial charge < -0.3 is 11.1 Å². The van der Waals surface area contributed by atoms with Crippen LogP contribution in [0.25, 0.3) is 0 Å². The first-order valence-electron chi connectivity index (χ1n) is 7.65. The molecule has 0 radical (unpaired) electrons. The molecule has 2 aliphatic rings. The number of amides is 1. The highest BCUT2D eigenvalue weighted by Crippen LogP contribution is 2.27. The molecule has 2 heterocycles. The van der Waals surface area contributed by atoms with Crippen LogP contribution in [0.4, 0.5) is 5.69 Å². The molecule has 0 aromatic heterocycles. The number of benzene rings is 1. The largest absolute Gasteiger partial charge is 0.327 e. The van der Waals surface area contributed by atoms with Crippen LogP contribution >= 0.6 is 12.4 Å². The number of aryl methyl sites for hydroxylation is 1. The molecule has 1 saturated heterocycles. The van der Waals surface area contributed by atoms with Crippen LogP contribution in [0.3, 0.4) is 0 Å². The summed E-state index contributed by atoms with van der Waals surface area (Å²) < 4.78 is 27.0. The molecule has 1 aromatic carbocycles. The lowest BCUT2D eigenvalue weighted by molar-refractivity contribution is -0.116. The highest BCUT2D eigenvalue weighted by molar-refractivity contribution is 7.89. The molecule has 0 spiro atoms. The van der Waals surface area contributed by atoms with Gasteiger partial charge in [-0.25, -0.2) is 8.42 Å². The molecule has 1 atom stereocenters. The minimum absolute atomic E-state index is 0. The summed E-state index contributed by atoms with van der Waals surface area (Å²) >= 11 is 0. The molecule has 0 aliphatic carbocycles. The first-order valence-corrected chi connectivity index (χ1v) is 9.09. The zero-order valence-electron chi connectivity index (χ0n) is 12.8. The Balaban J connectivity index is 0.00000192. The molecule has 8 heteroatoms. The summed E-state index contributed by atoms with van der Waals surface area (Å²) in [5, 5.41) is 2.82. The number of sulfonamides is 1. The third kappa shape index (κ3) is 3.85. The second-order valence-corrected chi connectivity index (χ2v) is 7.92. The highest BCUT2D eigenvalue weighted by Gasteiger charge is 2.29. The number of halogens is 1. The van der Waals surface area contributed by atoms with E-state index in [1.807, 2.05) is 0 Å². The number of fused-ring (bicyclic) bond motifs is 1. The average molecular weight is 360 g/mol. The van der Waals surface area contributed by atoms with Crippen molar-refractivity contribution in [2.75, 3.05) is 18.4 Å². The smallest absolute Gasteiger partial charge is 0.243 e. The van der Waals surface area contributed by atoms with E-state index in [2.05, 4.69) is 5.32 Å². The van der Waals surface area contributed by atoms with Crippen molar-refractivity contribution in [2.24, 2.45) is 5.73 Å². The number of nitrogens with two attached hydrogens (primary N) is 1. The van der Waals surface area contributed by atoms with Gasteiger partial charge in [-0.15, -0.1) is 12.4 Å². The van der Waals surface area contributed by atoms with Crippen molar-refractivity contribution in [3.63, 3.8) is 0 Å². The van der Waals surface area contributed by atoms with E-state index >= 15 is 0 Å². The number of piperidine rings is 1. The lowest BCUT2D eigenvalue weighted by atomic mass is 10.1. The molecular formula is C15H22ClN3O3S. The van der Waals surface area contributed by atoms with Crippen LogP contribution in [-0.2, 0) is 21.2 Å². The van der Waals surface area contributed by atoms with E-state index in [9.17, 15) is 13.2 Å². The van der Waals surface area contributed by atoms with Crippen molar-refractivity contribution >= 4 is 34.0 Å². The molecule has 0 bridgehead atoms. The minimum Gasteiger partial charge on any atom is -0.327 e. The summed E-state index contributed by atoms with van der Waals surface area (Å²) in [6, 6.07) is 4.86. The topological polar surface area (TPSA) is 92.5 Å². The molecular weight excluding hydrogens is 338 g/mol. The van der Waals surface area contributed by atoms with Crippen molar-refractivity contribution in [1.29, 1.82) is 0 Å². The molecule has 2 aliphatic heterocycles. The zero-order valence-corrected chi connectivity index (χ0v) is 14.5. The van der Waals surface area contributed by atoms with Crippen LogP contribution in [0.2, 0.25) is 0 Å². The Morgan fingerprint density at radius 2 is 2.00 bits per heavy atom. The molecule has 3 rings (SSSR count). The number of hydrogen-bond acceptors (Lipinski definition) is 4. The van der Waals surface area contributed by atoms with Gasteiger partial charge in [0, 0.05) is 31.2 Å². The average Bonchev–Trinajstić information content (AvgIpc) is 2.67. The predicted octanol–water partition coefficient (Wildman–Crippen LogP) is 1.50. The number of anilines is 1. The van der Waals surface area contributed by atoms with E-state index in [1.165, 1.54) is 4.31 Å². The van der Waals surface area contributed by atoms with Crippen molar-refractivity contribution in [1.82, 2.24) is 4.31 Å². The molecule has 0 saturated carbocycles. The molecule has 1 aromatic rings. The summed E-state index contributed by atoms with van der Waals surface area (Å²) in [5.41, 5.74) is 7.49. The summed E-state index contributed by atoms with van der Waals surface area (Å²) in [5.74, 6) is -0.0173. The van der Waals surface area contributed by atoms with Gasteiger partial charge in [-0.3, -0.25) is 4.79 Å². The van der Waals surface area contributed by atoms with Gasteiger partial charge in [0.25, 0.3) is 0 Å². The van der Waals surface area contributed by atoms with Crippen LogP contribution in [-0.4, -0.2) is 37.8 Å². The Bertz CT molecular complexity index is 693. The van der Waals surface area contributed by atoms with Gasteiger partial charge in [0.05, 0.1) is 4.90 Å². The molecule has 1 fully saturated rings. The van der Waals surface area contributed by atoms with Gasteiger partial charge in [-0.05, 0) is 49.4 Å². The van der Waals surface area contributed by atoms with Crippen LogP contribution in [0, 0.1) is 0 Å². The summed E-state index contributed by atoms with van der Waals surface area (Å²) in [6.07, 6.45) is 3.56. The third-order valence-electron chi connectivity index (χ3n) is 4.26. The quantitative estimate of drug-likeness (QED) is 0.836. The van der Waals surface area contributed by atoms with Gasteiger partial charge in [-0.2, -0.15) is 4.31 Å². The lowest BCUT2D eigenvalue weighted by Crippen LogP contribution is -2.45. The molecule has 128 valence electrons. The van der Waals surface area contributed by atoms with Crippen molar-refractivity contribution < 1.29 is 13.2 Å². The van der Waals surface area contributed by atoms with Crippen LogP contribution in [0.15, 0.2) is 23.1 Å². The normalized spacial score (nSPS) is 22.5. The Morgan fingerprint density at radius 1 is 1.22 bits per heavy atom. The Morgan fingerprint density at radius 3 is 2.74 bits per heavy atom. The highest BCUT2D eigenvalue weighted by atomic mass is 35.5. The van der Waals surface area contributed by atoms with Gasteiger partial charge in [0.1, 0.15) is 0 Å². The lowest BCUT2D eigenvalue weighted by Gasteiger charge is -2.30. The molecule has 3 N–H and O–H groups in total. The molecule has 1 amide bonds. The predicted molar refractivity (Wildman–Crippen MR) is 91.2 cm³/mol. The third-order valence-corrected chi connectivity index (χ3v) is 6.12. The molecule has 1 unspecified atom stereocenters. The maximum atomic E-state index is 12.8. The van der Waals surface area contributed by atoms with E-state index < -0.39 is 10.0 Å². The first-order chi connectivity index (χ1) is 10.5. The van der Waals surface area contributed by atoms with Crippen molar-refractivity contribution in [3.8, 4) is 0 Å². The fraction of sp³-hybridized carbons (Fsp3) is 0.533. The maximum absolute atomic E-state index is 12.8. The van der Waals surface area contributed by atoms with Gasteiger partial charge in [0.15, 0.2) is 0 Å². The number of nitrogens with zero attached hydrogens (tertiary/aromatic N) is 1. The summed E-state index contributed by atoms with van der Waals surface area (Å²) in [6.45, 7) is 0.889. The molecule has 23 heavy (non-hydrogen) atoms.